The molecule has 2 N–H and O–H groups in total. The molecule has 1 saturated carbocycles. The summed E-state index contributed by atoms with van der Waals surface area (Å²) in [4.78, 5) is 0. The summed E-state index contributed by atoms with van der Waals surface area (Å²) >= 11 is 0. The van der Waals surface area contributed by atoms with Crippen molar-refractivity contribution in [2.75, 3.05) is 0 Å². The predicted molar refractivity (Wildman–Crippen MR) is 62.1 cm³/mol. The third kappa shape index (κ3) is 4.56. The van der Waals surface area contributed by atoms with Gasteiger partial charge in [-0.05, 0) is 36.5 Å². The van der Waals surface area contributed by atoms with Crippen molar-refractivity contribution in [1.82, 2.24) is 0 Å². The molecule has 5 heteroatoms. The summed E-state index contributed by atoms with van der Waals surface area (Å²) < 4.78 is 39.7. The van der Waals surface area contributed by atoms with Gasteiger partial charge in [0.1, 0.15) is 5.75 Å². The van der Waals surface area contributed by atoms with E-state index in [0.717, 1.165) is 17.9 Å². The van der Waals surface area contributed by atoms with E-state index in [1.54, 1.807) is 12.1 Å². The number of halogens is 3. The Morgan fingerprint density at radius 2 is 1.83 bits per heavy atom. The van der Waals surface area contributed by atoms with E-state index in [4.69, 9.17) is 5.73 Å². The molecule has 2 nitrogen and oxygen atoms in total. The summed E-state index contributed by atoms with van der Waals surface area (Å²) in [5.41, 5.74) is 6.92. The molecule has 1 unspecified atom stereocenters. The lowest BCUT2D eigenvalue weighted by atomic mass is 10.0. The fourth-order valence-corrected chi connectivity index (χ4v) is 1.99. The Bertz CT molecular complexity index is 384. The number of nitrogens with two attached hydrogens (primary N) is 1. The topological polar surface area (TPSA) is 35.2 Å². The maximum absolute atomic E-state index is 12.0. The van der Waals surface area contributed by atoms with Crippen LogP contribution in [0.25, 0.3) is 0 Å². The Morgan fingerprint density at radius 1 is 1.22 bits per heavy atom. The fourth-order valence-electron chi connectivity index (χ4n) is 1.99. The Hall–Kier alpha value is -1.23. The van der Waals surface area contributed by atoms with Gasteiger partial charge in [-0.25, -0.2) is 0 Å². The summed E-state index contributed by atoms with van der Waals surface area (Å²) in [6.45, 7) is 0. The molecule has 0 aromatic heterocycles. The van der Waals surface area contributed by atoms with E-state index in [-0.39, 0.29) is 11.8 Å². The lowest BCUT2D eigenvalue weighted by Crippen LogP contribution is -2.23. The molecule has 100 valence electrons. The zero-order chi connectivity index (χ0) is 13.2. The van der Waals surface area contributed by atoms with Crippen LogP contribution in [-0.2, 0) is 6.42 Å². The monoisotopic (exact) mass is 259 g/mol. The van der Waals surface area contributed by atoms with Crippen LogP contribution in [0.5, 0.6) is 5.75 Å². The van der Waals surface area contributed by atoms with Crippen LogP contribution in [0.2, 0.25) is 0 Å². The van der Waals surface area contributed by atoms with Gasteiger partial charge in [0, 0.05) is 6.04 Å². The zero-order valence-corrected chi connectivity index (χ0v) is 9.91. The Labute approximate surface area is 104 Å². The molecule has 0 heterocycles. The predicted octanol–water partition coefficient (Wildman–Crippen LogP) is 3.26. The third-order valence-electron chi connectivity index (χ3n) is 2.99. The molecule has 1 fully saturated rings. The number of ether oxygens (including phenoxy) is 1. The van der Waals surface area contributed by atoms with Crippen molar-refractivity contribution < 1.29 is 17.9 Å². The molecule has 1 aliphatic carbocycles. The van der Waals surface area contributed by atoms with Crippen LogP contribution >= 0.6 is 0 Å². The molecule has 1 aromatic rings. The second-order valence-electron chi connectivity index (χ2n) is 4.84. The molecule has 0 aliphatic heterocycles. The van der Waals surface area contributed by atoms with Gasteiger partial charge in [-0.1, -0.05) is 25.0 Å². The van der Waals surface area contributed by atoms with Gasteiger partial charge in [-0.2, -0.15) is 0 Å². The molecular formula is C13H16F3NO. The maximum atomic E-state index is 12.0. The fraction of sp³-hybridized carbons (Fsp3) is 0.538. The minimum atomic E-state index is -4.64. The summed E-state index contributed by atoms with van der Waals surface area (Å²) in [6.07, 6.45) is -0.425. The first-order valence-electron chi connectivity index (χ1n) is 6.02. The molecular weight excluding hydrogens is 243 g/mol. The molecule has 2 rings (SSSR count). The smallest absolute Gasteiger partial charge is 0.406 e. The standard InChI is InChI=1S/C13H16F3NO/c14-13(15,16)18-12-5-3-10(4-6-12)8-11(17)7-9-1-2-9/h3-6,9,11H,1-2,7-8,17H2. The van der Waals surface area contributed by atoms with Crippen LogP contribution in [0.4, 0.5) is 13.2 Å². The SMILES string of the molecule is NC(Cc1ccc(OC(F)(F)F)cc1)CC1CC1. The zero-order valence-electron chi connectivity index (χ0n) is 9.91. The second-order valence-corrected chi connectivity index (χ2v) is 4.84. The average molecular weight is 259 g/mol. The van der Waals surface area contributed by atoms with E-state index in [1.807, 2.05) is 0 Å². The molecule has 0 spiro atoms. The number of rotatable bonds is 5. The molecule has 0 amide bonds. The van der Waals surface area contributed by atoms with Crippen LogP contribution in [0.15, 0.2) is 24.3 Å². The number of alkyl halides is 3. The van der Waals surface area contributed by atoms with E-state index >= 15 is 0 Å². The minimum absolute atomic E-state index is 0.0897. The van der Waals surface area contributed by atoms with Gasteiger partial charge in [0.2, 0.25) is 0 Å². The minimum Gasteiger partial charge on any atom is -0.406 e. The first-order valence-corrected chi connectivity index (χ1v) is 6.02. The highest BCUT2D eigenvalue weighted by Crippen LogP contribution is 2.33. The van der Waals surface area contributed by atoms with E-state index in [0.29, 0.717) is 6.42 Å². The molecule has 18 heavy (non-hydrogen) atoms. The van der Waals surface area contributed by atoms with Crippen LogP contribution in [0.1, 0.15) is 24.8 Å². The van der Waals surface area contributed by atoms with Crippen molar-refractivity contribution in [1.29, 1.82) is 0 Å². The van der Waals surface area contributed by atoms with Gasteiger partial charge < -0.3 is 10.5 Å². The lowest BCUT2D eigenvalue weighted by molar-refractivity contribution is -0.274. The number of benzene rings is 1. The van der Waals surface area contributed by atoms with Crippen LogP contribution < -0.4 is 10.5 Å². The largest absolute Gasteiger partial charge is 0.573 e. The Kier molecular flexibility index (Phi) is 3.80. The quantitative estimate of drug-likeness (QED) is 0.881. The Balaban J connectivity index is 1.86. The van der Waals surface area contributed by atoms with Crippen molar-refractivity contribution >= 4 is 0 Å². The van der Waals surface area contributed by atoms with Crippen molar-refractivity contribution in [2.45, 2.75) is 38.1 Å². The Morgan fingerprint density at radius 3 is 2.33 bits per heavy atom. The van der Waals surface area contributed by atoms with Gasteiger partial charge in [-0.3, -0.25) is 0 Å². The summed E-state index contributed by atoms with van der Waals surface area (Å²) in [7, 11) is 0. The van der Waals surface area contributed by atoms with E-state index in [2.05, 4.69) is 4.74 Å². The highest BCUT2D eigenvalue weighted by molar-refractivity contribution is 5.27. The molecule has 1 aromatic carbocycles. The highest BCUT2D eigenvalue weighted by atomic mass is 19.4. The maximum Gasteiger partial charge on any atom is 0.573 e. The van der Waals surface area contributed by atoms with Gasteiger partial charge >= 0.3 is 6.36 Å². The van der Waals surface area contributed by atoms with Gasteiger partial charge in [0.15, 0.2) is 0 Å². The van der Waals surface area contributed by atoms with Gasteiger partial charge in [-0.15, -0.1) is 13.2 Å². The average Bonchev–Trinajstić information content (AvgIpc) is 3.02. The van der Waals surface area contributed by atoms with Crippen molar-refractivity contribution in [3.8, 4) is 5.75 Å². The molecule has 0 bridgehead atoms. The molecule has 1 aliphatic rings. The van der Waals surface area contributed by atoms with Gasteiger partial charge in [0.05, 0.1) is 0 Å². The summed E-state index contributed by atoms with van der Waals surface area (Å²) in [5, 5.41) is 0. The molecule has 1 atom stereocenters. The summed E-state index contributed by atoms with van der Waals surface area (Å²) in [5.74, 6) is 0.565. The van der Waals surface area contributed by atoms with E-state index < -0.39 is 6.36 Å². The van der Waals surface area contributed by atoms with Crippen molar-refractivity contribution in [3.63, 3.8) is 0 Å². The van der Waals surface area contributed by atoms with Crippen LogP contribution in [-0.4, -0.2) is 12.4 Å². The normalized spacial score (nSPS) is 17.6. The molecule has 0 radical (unpaired) electrons. The van der Waals surface area contributed by atoms with E-state index in [9.17, 15) is 13.2 Å². The van der Waals surface area contributed by atoms with E-state index in [1.165, 1.54) is 25.0 Å². The third-order valence-corrected chi connectivity index (χ3v) is 2.99. The second kappa shape index (κ2) is 5.18. The van der Waals surface area contributed by atoms with Gasteiger partial charge in [0.25, 0.3) is 0 Å². The first kappa shape index (κ1) is 13.2. The summed E-state index contributed by atoms with van der Waals surface area (Å²) in [6, 6.07) is 6.01. The molecule has 0 saturated heterocycles. The van der Waals surface area contributed by atoms with Crippen LogP contribution in [0, 0.1) is 5.92 Å². The first-order chi connectivity index (χ1) is 8.42. The highest BCUT2D eigenvalue weighted by Gasteiger charge is 2.31. The van der Waals surface area contributed by atoms with Crippen molar-refractivity contribution in [2.24, 2.45) is 11.7 Å². The number of hydrogen-bond acceptors (Lipinski definition) is 2. The lowest BCUT2D eigenvalue weighted by Gasteiger charge is -2.12. The number of hydrogen-bond donors (Lipinski definition) is 1. The van der Waals surface area contributed by atoms with Crippen molar-refractivity contribution in [3.05, 3.63) is 29.8 Å². The van der Waals surface area contributed by atoms with Crippen LogP contribution in [0.3, 0.4) is 0 Å².